The second-order valence-corrected chi connectivity index (χ2v) is 8.41. The molecule has 0 unspecified atom stereocenters. The maximum atomic E-state index is 6.57. The van der Waals surface area contributed by atoms with E-state index in [0.29, 0.717) is 5.54 Å². The molecule has 7 heteroatoms. The average molecular weight is 369 g/mol. The monoisotopic (exact) mass is 368 g/mol. The van der Waals surface area contributed by atoms with Crippen molar-refractivity contribution < 1.29 is 0 Å². The Hall–Kier alpha value is -2.05. The van der Waals surface area contributed by atoms with Crippen LogP contribution >= 0.6 is 11.6 Å². The van der Waals surface area contributed by atoms with E-state index in [1.165, 1.54) is 19.3 Å². The van der Waals surface area contributed by atoms with Crippen LogP contribution in [0.5, 0.6) is 0 Å². The Labute approximate surface area is 156 Å². The smallest absolute Gasteiger partial charge is 0.103 e. The Kier molecular flexibility index (Phi) is 3.03. The number of piperazine rings is 1. The molecule has 1 aliphatic heterocycles. The van der Waals surface area contributed by atoms with Crippen LogP contribution < -0.4 is 10.2 Å². The molecule has 2 aromatic heterocycles. The largest absolute Gasteiger partial charge is 0.368 e. The van der Waals surface area contributed by atoms with Gasteiger partial charge >= 0.3 is 0 Å². The zero-order valence-electron chi connectivity index (χ0n) is 14.5. The fourth-order valence-corrected chi connectivity index (χ4v) is 5.08. The molecular weight excluding hydrogens is 348 g/mol. The van der Waals surface area contributed by atoms with Crippen LogP contribution in [0.25, 0.3) is 16.6 Å². The molecule has 0 atom stereocenters. The minimum atomic E-state index is 0.307. The van der Waals surface area contributed by atoms with Crippen molar-refractivity contribution in [2.75, 3.05) is 31.1 Å². The number of rotatable bonds is 3. The second-order valence-electron chi connectivity index (χ2n) is 8.00. The van der Waals surface area contributed by atoms with Crippen molar-refractivity contribution in [1.29, 1.82) is 0 Å². The third kappa shape index (κ3) is 2.03. The van der Waals surface area contributed by atoms with Crippen LogP contribution in [0.1, 0.15) is 19.3 Å². The Bertz CT molecular complexity index is 982. The predicted molar refractivity (Wildman–Crippen MR) is 102 cm³/mol. The van der Waals surface area contributed by atoms with Crippen LogP contribution in [-0.4, -0.2) is 45.7 Å². The van der Waals surface area contributed by atoms with Crippen molar-refractivity contribution in [1.82, 2.24) is 24.9 Å². The van der Waals surface area contributed by atoms with E-state index in [1.54, 1.807) is 0 Å². The lowest BCUT2D eigenvalue weighted by atomic mass is 9.50. The fraction of sp³-hybridized carbons (Fsp3) is 0.474. The lowest BCUT2D eigenvalue weighted by molar-refractivity contribution is -0.0977. The van der Waals surface area contributed by atoms with Crippen LogP contribution in [0.2, 0.25) is 5.02 Å². The molecule has 3 aliphatic carbocycles. The predicted octanol–water partition coefficient (Wildman–Crippen LogP) is 2.79. The van der Waals surface area contributed by atoms with Gasteiger partial charge in [0.05, 0.1) is 40.4 Å². The molecule has 0 spiro atoms. The third-order valence-electron chi connectivity index (χ3n) is 6.40. The molecule has 26 heavy (non-hydrogen) atoms. The molecule has 3 saturated carbocycles. The summed E-state index contributed by atoms with van der Waals surface area (Å²) in [6.07, 6.45) is 9.85. The van der Waals surface area contributed by atoms with Gasteiger partial charge in [0.1, 0.15) is 5.69 Å². The van der Waals surface area contributed by atoms with Gasteiger partial charge in [-0.2, -0.15) is 10.2 Å². The summed E-state index contributed by atoms with van der Waals surface area (Å²) >= 11 is 6.57. The van der Waals surface area contributed by atoms with Gasteiger partial charge in [-0.1, -0.05) is 11.6 Å². The number of benzene rings is 1. The zero-order valence-corrected chi connectivity index (χ0v) is 15.3. The number of halogens is 1. The van der Waals surface area contributed by atoms with Gasteiger partial charge in [-0.25, -0.2) is 4.68 Å². The second kappa shape index (κ2) is 5.24. The van der Waals surface area contributed by atoms with E-state index in [2.05, 4.69) is 37.4 Å². The van der Waals surface area contributed by atoms with Crippen LogP contribution in [0, 0.1) is 5.92 Å². The van der Waals surface area contributed by atoms with Crippen molar-refractivity contribution in [2.24, 2.45) is 5.92 Å². The summed E-state index contributed by atoms with van der Waals surface area (Å²) in [6, 6.07) is 4.21. The summed E-state index contributed by atoms with van der Waals surface area (Å²) in [6.45, 7) is 3.93. The van der Waals surface area contributed by atoms with Gasteiger partial charge in [0, 0.05) is 31.6 Å². The van der Waals surface area contributed by atoms with Gasteiger partial charge < -0.3 is 10.2 Å². The highest BCUT2D eigenvalue weighted by atomic mass is 35.5. The van der Waals surface area contributed by atoms with E-state index in [1.807, 2.05) is 23.1 Å². The number of aromatic nitrogens is 4. The lowest BCUT2D eigenvalue weighted by Crippen LogP contribution is -2.59. The SMILES string of the molecule is Clc1cc2cnn(-c3cnn(C45CC(C4)C5)c3)c2cc1N1CCNCC1. The van der Waals surface area contributed by atoms with Crippen molar-refractivity contribution >= 4 is 28.2 Å². The van der Waals surface area contributed by atoms with Gasteiger partial charge in [0.15, 0.2) is 0 Å². The summed E-state index contributed by atoms with van der Waals surface area (Å²) in [4.78, 5) is 2.35. The van der Waals surface area contributed by atoms with Gasteiger partial charge in [-0.3, -0.25) is 4.68 Å². The summed E-state index contributed by atoms with van der Waals surface area (Å²) in [7, 11) is 0. The molecule has 6 nitrogen and oxygen atoms in total. The maximum absolute atomic E-state index is 6.57. The summed E-state index contributed by atoms with van der Waals surface area (Å²) < 4.78 is 4.16. The molecule has 4 aliphatic rings. The van der Waals surface area contributed by atoms with Gasteiger partial charge in [0.25, 0.3) is 0 Å². The molecule has 0 radical (unpaired) electrons. The summed E-state index contributed by atoms with van der Waals surface area (Å²) in [5.74, 6) is 0.942. The van der Waals surface area contributed by atoms with Crippen molar-refractivity contribution in [3.8, 4) is 5.69 Å². The fourth-order valence-electron chi connectivity index (χ4n) is 4.78. The maximum Gasteiger partial charge on any atom is 0.103 e. The lowest BCUT2D eigenvalue weighted by Gasteiger charge is -2.61. The molecule has 3 heterocycles. The van der Waals surface area contributed by atoms with E-state index in [4.69, 9.17) is 11.6 Å². The number of hydrogen-bond acceptors (Lipinski definition) is 4. The van der Waals surface area contributed by atoms with Crippen molar-refractivity contribution in [2.45, 2.75) is 24.8 Å². The minimum absolute atomic E-state index is 0.307. The molecular formula is C19H21ClN6. The first-order chi connectivity index (χ1) is 12.7. The molecule has 2 bridgehead atoms. The highest BCUT2D eigenvalue weighted by Gasteiger charge is 2.58. The highest BCUT2D eigenvalue weighted by molar-refractivity contribution is 6.34. The number of nitrogens with one attached hydrogen (secondary N) is 1. The van der Waals surface area contributed by atoms with Gasteiger partial charge in [-0.15, -0.1) is 0 Å². The number of anilines is 1. The first-order valence-electron chi connectivity index (χ1n) is 9.40. The molecule has 134 valence electrons. The Balaban J connectivity index is 1.41. The quantitative estimate of drug-likeness (QED) is 0.772. The zero-order chi connectivity index (χ0) is 17.3. The van der Waals surface area contributed by atoms with Crippen molar-refractivity contribution in [3.63, 3.8) is 0 Å². The summed E-state index contributed by atoms with van der Waals surface area (Å²) in [5, 5.41) is 14.5. The summed E-state index contributed by atoms with van der Waals surface area (Å²) in [5.41, 5.74) is 3.51. The topological polar surface area (TPSA) is 50.9 Å². The van der Waals surface area contributed by atoms with Gasteiger partial charge in [0.2, 0.25) is 0 Å². The molecule has 0 amide bonds. The number of nitrogens with zero attached hydrogens (tertiary/aromatic N) is 5. The van der Waals surface area contributed by atoms with E-state index in [0.717, 1.165) is 59.4 Å². The van der Waals surface area contributed by atoms with Crippen LogP contribution in [0.15, 0.2) is 30.7 Å². The Morgan fingerprint density at radius 3 is 2.62 bits per heavy atom. The molecule has 1 saturated heterocycles. The minimum Gasteiger partial charge on any atom is -0.368 e. The van der Waals surface area contributed by atoms with E-state index >= 15 is 0 Å². The van der Waals surface area contributed by atoms with E-state index in [-0.39, 0.29) is 0 Å². The van der Waals surface area contributed by atoms with Crippen LogP contribution in [0.3, 0.4) is 0 Å². The van der Waals surface area contributed by atoms with Crippen LogP contribution in [-0.2, 0) is 5.54 Å². The van der Waals surface area contributed by atoms with Gasteiger partial charge in [-0.05, 0) is 37.3 Å². The normalized spacial score (nSPS) is 27.4. The molecule has 3 aromatic rings. The number of fused-ring (bicyclic) bond motifs is 1. The first-order valence-corrected chi connectivity index (χ1v) is 9.78. The van der Waals surface area contributed by atoms with Crippen molar-refractivity contribution in [3.05, 3.63) is 35.7 Å². The molecule has 7 rings (SSSR count). The number of hydrogen-bond donors (Lipinski definition) is 1. The average Bonchev–Trinajstić information content (AvgIpc) is 3.19. The molecule has 1 N–H and O–H groups in total. The van der Waals surface area contributed by atoms with E-state index < -0.39 is 0 Å². The van der Waals surface area contributed by atoms with Crippen LogP contribution in [0.4, 0.5) is 5.69 Å². The highest BCUT2D eigenvalue weighted by Crippen LogP contribution is 2.62. The standard InChI is InChI=1S/C19H21ClN6/c20-16-5-14-10-23-26(17(14)6-18(16)24-3-1-21-2-4-24)15-11-22-25(12-15)19-7-13(8-19)9-19/h5-6,10-13,21H,1-4,7-9H2. The molecule has 4 fully saturated rings. The third-order valence-corrected chi connectivity index (χ3v) is 6.70. The Morgan fingerprint density at radius 2 is 1.88 bits per heavy atom. The Morgan fingerprint density at radius 1 is 1.08 bits per heavy atom. The van der Waals surface area contributed by atoms with E-state index in [9.17, 15) is 0 Å². The molecule has 1 aromatic carbocycles. The first kappa shape index (κ1) is 15.1.